The Morgan fingerprint density at radius 1 is 1.14 bits per heavy atom. The number of guanidine groups is 2. The molecule has 0 heterocycles. The Bertz CT molecular complexity index is 179. The molecule has 0 spiro atoms. The second-order valence-electron chi connectivity index (χ2n) is 2.50. The molecule has 82 valence electrons. The van der Waals surface area contributed by atoms with Gasteiger partial charge in [-0.25, -0.2) is 5.43 Å². The zero-order valence-electron chi connectivity index (χ0n) is 7.98. The molecule has 0 aromatic carbocycles. The molecule has 8 heteroatoms. The van der Waals surface area contributed by atoms with E-state index in [2.05, 4.69) is 21.5 Å². The Morgan fingerprint density at radius 2 is 1.86 bits per heavy atom. The Hall–Kier alpha value is -1.38. The predicted octanol–water partition coefficient (Wildman–Crippen LogP) is -2.95. The Labute approximate surface area is 82.8 Å². The maximum absolute atomic E-state index is 7.19. The van der Waals surface area contributed by atoms with Gasteiger partial charge in [0.15, 0.2) is 5.96 Å². The van der Waals surface area contributed by atoms with Crippen molar-refractivity contribution in [1.82, 2.24) is 21.5 Å². The van der Waals surface area contributed by atoms with Crippen LogP contribution in [-0.4, -0.2) is 38.1 Å². The average Bonchev–Trinajstić information content (AvgIpc) is 2.10. The first-order valence-corrected chi connectivity index (χ1v) is 4.26. The van der Waals surface area contributed by atoms with Gasteiger partial charge in [-0.3, -0.25) is 21.6 Å². The van der Waals surface area contributed by atoms with E-state index in [0.717, 1.165) is 13.1 Å². The number of nitrogens with two attached hydrogens (primary N) is 2. The molecule has 0 bridgehead atoms. The van der Waals surface area contributed by atoms with E-state index in [-0.39, 0.29) is 11.9 Å². The fraction of sp³-hybridized carbons (Fsp3) is 0.667. The first kappa shape index (κ1) is 12.6. The average molecular weight is 202 g/mol. The molecule has 0 aliphatic rings. The quantitative estimate of drug-likeness (QED) is 0.0999. The third kappa shape index (κ3) is 8.71. The summed E-state index contributed by atoms with van der Waals surface area (Å²) in [4.78, 5) is 0. The van der Waals surface area contributed by atoms with Crippen LogP contribution in [0.3, 0.4) is 0 Å². The number of hydrogen-bond acceptors (Lipinski definition) is 5. The normalized spacial score (nSPS) is 9.50. The van der Waals surface area contributed by atoms with Crippen LogP contribution < -0.4 is 33.0 Å². The molecule has 0 aromatic rings. The zero-order chi connectivity index (χ0) is 10.8. The van der Waals surface area contributed by atoms with Crippen molar-refractivity contribution in [2.75, 3.05) is 26.2 Å². The van der Waals surface area contributed by atoms with Crippen LogP contribution in [0, 0.1) is 10.8 Å². The van der Waals surface area contributed by atoms with Gasteiger partial charge < -0.3 is 16.8 Å². The highest BCUT2D eigenvalue weighted by Gasteiger charge is 1.93. The van der Waals surface area contributed by atoms with Crippen molar-refractivity contribution >= 4 is 11.9 Å². The maximum Gasteiger partial charge on any atom is 0.209 e. The summed E-state index contributed by atoms with van der Waals surface area (Å²) in [5.74, 6) is -0.332. The third-order valence-corrected chi connectivity index (χ3v) is 1.22. The van der Waals surface area contributed by atoms with E-state index in [0.29, 0.717) is 13.1 Å². The van der Waals surface area contributed by atoms with Gasteiger partial charge in [0.05, 0.1) is 0 Å². The molecule has 8 nitrogen and oxygen atoms in total. The largest absolute Gasteiger partial charge is 0.370 e. The lowest BCUT2D eigenvalue weighted by Gasteiger charge is -2.10. The van der Waals surface area contributed by atoms with Gasteiger partial charge in [0.25, 0.3) is 0 Å². The van der Waals surface area contributed by atoms with Crippen LogP contribution in [-0.2, 0) is 0 Å². The van der Waals surface area contributed by atoms with Crippen molar-refractivity contribution in [3.8, 4) is 0 Å². The molecule has 0 saturated carbocycles. The molecule has 0 saturated heterocycles. The van der Waals surface area contributed by atoms with Crippen molar-refractivity contribution in [3.63, 3.8) is 0 Å². The number of hydrazine groups is 1. The molecule has 10 N–H and O–H groups in total. The van der Waals surface area contributed by atoms with E-state index < -0.39 is 0 Å². The lowest BCUT2D eigenvalue weighted by Crippen LogP contribution is -2.50. The predicted molar refractivity (Wildman–Crippen MR) is 55.8 cm³/mol. The van der Waals surface area contributed by atoms with Crippen molar-refractivity contribution in [3.05, 3.63) is 0 Å². The summed E-state index contributed by atoms with van der Waals surface area (Å²) in [6, 6.07) is 0. The van der Waals surface area contributed by atoms with Gasteiger partial charge in [0, 0.05) is 26.2 Å². The summed E-state index contributed by atoms with van der Waals surface area (Å²) in [5, 5.41) is 19.4. The molecule has 0 unspecified atom stereocenters. The molecule has 0 rings (SSSR count). The molecule has 0 radical (unpaired) electrons. The van der Waals surface area contributed by atoms with Crippen LogP contribution >= 0.6 is 0 Å². The highest BCUT2D eigenvalue weighted by molar-refractivity contribution is 5.94. The molecule has 14 heavy (non-hydrogen) atoms. The molecule has 0 aliphatic heterocycles. The standard InChI is InChI=1S/C6H18N8/c7-1-2-11-3-4-12-14-6(10)13-5(8)9/h11-12H,1-4,7H2,(H6,8,9,10,13,14). The van der Waals surface area contributed by atoms with Crippen LogP contribution in [0.5, 0.6) is 0 Å². The summed E-state index contributed by atoms with van der Waals surface area (Å²) in [7, 11) is 0. The van der Waals surface area contributed by atoms with E-state index in [4.69, 9.17) is 22.3 Å². The molecular weight excluding hydrogens is 184 g/mol. The zero-order valence-corrected chi connectivity index (χ0v) is 7.98. The number of hydrogen-bond donors (Lipinski definition) is 8. The highest BCUT2D eigenvalue weighted by atomic mass is 15.4. The molecule has 0 atom stereocenters. The summed E-state index contributed by atoms with van der Waals surface area (Å²) < 4.78 is 0. The molecule has 0 aliphatic carbocycles. The van der Waals surface area contributed by atoms with Gasteiger partial charge in [-0.05, 0) is 0 Å². The second kappa shape index (κ2) is 8.23. The van der Waals surface area contributed by atoms with Crippen molar-refractivity contribution in [2.24, 2.45) is 11.5 Å². The summed E-state index contributed by atoms with van der Waals surface area (Å²) in [5.41, 5.74) is 15.5. The van der Waals surface area contributed by atoms with Crippen molar-refractivity contribution in [1.29, 1.82) is 10.8 Å². The summed E-state index contributed by atoms with van der Waals surface area (Å²) in [6.45, 7) is 2.76. The lowest BCUT2D eigenvalue weighted by atomic mass is 10.6. The van der Waals surface area contributed by atoms with Crippen molar-refractivity contribution < 1.29 is 0 Å². The minimum Gasteiger partial charge on any atom is -0.370 e. The van der Waals surface area contributed by atoms with Gasteiger partial charge in [-0.2, -0.15) is 0 Å². The fourth-order valence-corrected chi connectivity index (χ4v) is 0.695. The third-order valence-electron chi connectivity index (χ3n) is 1.22. The van der Waals surface area contributed by atoms with Crippen LogP contribution in [0.15, 0.2) is 0 Å². The Morgan fingerprint density at radius 3 is 2.43 bits per heavy atom. The summed E-state index contributed by atoms with van der Waals surface area (Å²) >= 11 is 0. The first-order valence-electron chi connectivity index (χ1n) is 4.26. The minimum absolute atomic E-state index is 0.0590. The lowest BCUT2D eigenvalue weighted by molar-refractivity contribution is 0.589. The smallest absolute Gasteiger partial charge is 0.209 e. The second-order valence-corrected chi connectivity index (χ2v) is 2.50. The van der Waals surface area contributed by atoms with Gasteiger partial charge in [-0.1, -0.05) is 0 Å². The van der Waals surface area contributed by atoms with Crippen LogP contribution in [0.25, 0.3) is 0 Å². The number of rotatable bonds is 6. The van der Waals surface area contributed by atoms with E-state index in [1.807, 2.05) is 0 Å². The van der Waals surface area contributed by atoms with E-state index in [1.54, 1.807) is 0 Å². The Balaban J connectivity index is 3.19. The molecule has 0 aromatic heterocycles. The van der Waals surface area contributed by atoms with E-state index in [1.165, 1.54) is 0 Å². The van der Waals surface area contributed by atoms with Gasteiger partial charge in [-0.15, -0.1) is 0 Å². The minimum atomic E-state index is -0.273. The van der Waals surface area contributed by atoms with E-state index >= 15 is 0 Å². The summed E-state index contributed by atoms with van der Waals surface area (Å²) in [6.07, 6.45) is 0. The van der Waals surface area contributed by atoms with Gasteiger partial charge >= 0.3 is 0 Å². The van der Waals surface area contributed by atoms with Crippen LogP contribution in [0.1, 0.15) is 0 Å². The maximum atomic E-state index is 7.19. The molecule has 0 fully saturated rings. The fourth-order valence-electron chi connectivity index (χ4n) is 0.695. The number of nitrogens with one attached hydrogen (secondary N) is 6. The Kier molecular flexibility index (Phi) is 7.42. The van der Waals surface area contributed by atoms with Gasteiger partial charge in [0.1, 0.15) is 0 Å². The van der Waals surface area contributed by atoms with Crippen LogP contribution in [0.2, 0.25) is 0 Å². The first-order chi connectivity index (χ1) is 6.66. The molecule has 0 amide bonds. The monoisotopic (exact) mass is 202 g/mol. The van der Waals surface area contributed by atoms with Gasteiger partial charge in [0.2, 0.25) is 5.96 Å². The molecular formula is C6H18N8. The highest BCUT2D eigenvalue weighted by Crippen LogP contribution is 1.58. The van der Waals surface area contributed by atoms with Crippen LogP contribution in [0.4, 0.5) is 0 Å². The topological polar surface area (TPSA) is 148 Å². The van der Waals surface area contributed by atoms with Crippen molar-refractivity contribution in [2.45, 2.75) is 0 Å². The van der Waals surface area contributed by atoms with E-state index in [9.17, 15) is 0 Å². The SMILES string of the molecule is N=C(N)NC(=N)NNCCNCCN.